The van der Waals surface area contributed by atoms with E-state index in [0.717, 1.165) is 28.0 Å². The first kappa shape index (κ1) is 23.5. The molecule has 0 spiro atoms. The van der Waals surface area contributed by atoms with E-state index in [9.17, 15) is 13.2 Å². The lowest BCUT2D eigenvalue weighted by Gasteiger charge is -2.12. The number of halogens is 4. The quantitative estimate of drug-likeness (QED) is 0.255. The van der Waals surface area contributed by atoms with E-state index in [1.54, 1.807) is 7.05 Å². The van der Waals surface area contributed by atoms with E-state index < -0.39 is 11.9 Å². The van der Waals surface area contributed by atoms with Gasteiger partial charge < -0.3 is 15.4 Å². The fraction of sp³-hybridized carbons (Fsp3) is 0.412. The van der Waals surface area contributed by atoms with Crippen molar-refractivity contribution in [3.05, 3.63) is 45.9 Å². The fourth-order valence-electron chi connectivity index (χ4n) is 2.11. The lowest BCUT2D eigenvalue weighted by molar-refractivity contribution is -0.140. The molecular formula is C17H22F3IN4OS. The van der Waals surface area contributed by atoms with E-state index >= 15 is 0 Å². The highest BCUT2D eigenvalue weighted by Crippen LogP contribution is 2.29. The highest BCUT2D eigenvalue weighted by atomic mass is 127. The molecule has 1 heterocycles. The highest BCUT2D eigenvalue weighted by Gasteiger charge is 2.33. The minimum Gasteiger partial charge on any atom is -0.492 e. The summed E-state index contributed by atoms with van der Waals surface area (Å²) in [4.78, 5) is 7.66. The molecule has 1 aromatic heterocycles. The van der Waals surface area contributed by atoms with Gasteiger partial charge in [0.05, 0.1) is 11.6 Å². The third-order valence-corrected chi connectivity index (χ3v) is 4.26. The van der Waals surface area contributed by atoms with Crippen molar-refractivity contribution < 1.29 is 17.9 Å². The predicted octanol–water partition coefficient (Wildman–Crippen LogP) is 3.87. The number of nitrogens with one attached hydrogen (secondary N) is 2. The van der Waals surface area contributed by atoms with Crippen LogP contribution in [-0.4, -0.2) is 37.7 Å². The Hall–Kier alpha value is -1.56. The molecule has 10 heteroatoms. The van der Waals surface area contributed by atoms with Crippen LogP contribution in [0.25, 0.3) is 0 Å². The molecule has 0 radical (unpaired) electrons. The normalized spacial score (nSPS) is 11.7. The zero-order valence-electron chi connectivity index (χ0n) is 15.0. The number of aliphatic imine (C=N–C) groups is 1. The number of nitrogens with zero attached hydrogens (tertiary/aromatic N) is 2. The number of hydrogen-bond acceptors (Lipinski definition) is 4. The van der Waals surface area contributed by atoms with Crippen LogP contribution in [-0.2, 0) is 12.6 Å². The second kappa shape index (κ2) is 11.3. The summed E-state index contributed by atoms with van der Waals surface area (Å²) in [5.74, 6) is 1.37. The van der Waals surface area contributed by atoms with Gasteiger partial charge >= 0.3 is 6.18 Å². The molecule has 27 heavy (non-hydrogen) atoms. The van der Waals surface area contributed by atoms with Gasteiger partial charge in [-0.25, -0.2) is 4.98 Å². The first-order chi connectivity index (χ1) is 12.4. The summed E-state index contributed by atoms with van der Waals surface area (Å²) in [6.45, 7) is 3.44. The van der Waals surface area contributed by atoms with E-state index in [2.05, 4.69) is 20.6 Å². The Kier molecular flexibility index (Phi) is 9.84. The maximum absolute atomic E-state index is 12.5. The van der Waals surface area contributed by atoms with Crippen LogP contribution in [0.4, 0.5) is 13.2 Å². The SMILES string of the molecule is CN=C(NCCOc1cccc(C)c1)NCCc1nc(C(F)(F)F)cs1.I. The Labute approximate surface area is 177 Å². The average Bonchev–Trinajstić information content (AvgIpc) is 3.06. The average molecular weight is 514 g/mol. The largest absolute Gasteiger partial charge is 0.492 e. The van der Waals surface area contributed by atoms with E-state index in [1.165, 1.54) is 0 Å². The minimum atomic E-state index is -4.39. The van der Waals surface area contributed by atoms with Gasteiger partial charge in [0.1, 0.15) is 12.4 Å². The summed E-state index contributed by atoms with van der Waals surface area (Å²) in [5, 5.41) is 7.60. The molecule has 0 bridgehead atoms. The van der Waals surface area contributed by atoms with Crippen molar-refractivity contribution in [3.8, 4) is 5.75 Å². The van der Waals surface area contributed by atoms with Crippen LogP contribution in [0.15, 0.2) is 34.6 Å². The van der Waals surface area contributed by atoms with Crippen molar-refractivity contribution in [2.45, 2.75) is 19.5 Å². The van der Waals surface area contributed by atoms with Crippen LogP contribution in [0.2, 0.25) is 0 Å². The summed E-state index contributed by atoms with van der Waals surface area (Å²) in [7, 11) is 1.63. The Morgan fingerprint density at radius 3 is 2.63 bits per heavy atom. The van der Waals surface area contributed by atoms with Gasteiger partial charge in [-0.15, -0.1) is 35.3 Å². The van der Waals surface area contributed by atoms with Crippen LogP contribution in [0.1, 0.15) is 16.3 Å². The van der Waals surface area contributed by atoms with Gasteiger partial charge in [0.15, 0.2) is 11.7 Å². The smallest absolute Gasteiger partial charge is 0.434 e. The van der Waals surface area contributed by atoms with Crippen molar-refractivity contribution in [2.75, 3.05) is 26.7 Å². The minimum absolute atomic E-state index is 0. The number of aryl methyl sites for hydroxylation is 1. The number of aromatic nitrogens is 1. The number of benzene rings is 1. The van der Waals surface area contributed by atoms with E-state index in [1.807, 2.05) is 31.2 Å². The number of rotatable bonds is 7. The molecule has 2 N–H and O–H groups in total. The van der Waals surface area contributed by atoms with Crippen LogP contribution < -0.4 is 15.4 Å². The van der Waals surface area contributed by atoms with Gasteiger partial charge in [0.25, 0.3) is 0 Å². The Morgan fingerprint density at radius 1 is 1.26 bits per heavy atom. The second-order valence-corrected chi connectivity index (χ2v) is 6.41. The van der Waals surface area contributed by atoms with Crippen molar-refractivity contribution in [1.82, 2.24) is 15.6 Å². The summed E-state index contributed by atoms with van der Waals surface area (Å²) < 4.78 is 43.2. The van der Waals surface area contributed by atoms with Crippen molar-refractivity contribution >= 4 is 41.3 Å². The predicted molar refractivity (Wildman–Crippen MR) is 112 cm³/mol. The first-order valence-electron chi connectivity index (χ1n) is 8.04. The van der Waals surface area contributed by atoms with Gasteiger partial charge in [-0.1, -0.05) is 12.1 Å². The van der Waals surface area contributed by atoms with E-state index in [4.69, 9.17) is 4.74 Å². The maximum Gasteiger partial charge on any atom is 0.434 e. The molecule has 150 valence electrons. The third-order valence-electron chi connectivity index (χ3n) is 3.35. The highest BCUT2D eigenvalue weighted by molar-refractivity contribution is 14.0. The number of thiazole rings is 1. The molecule has 2 rings (SSSR count). The molecule has 0 saturated carbocycles. The summed E-state index contributed by atoms with van der Waals surface area (Å²) >= 11 is 1.00. The summed E-state index contributed by atoms with van der Waals surface area (Å²) in [6.07, 6.45) is -4.00. The molecular weight excluding hydrogens is 492 g/mol. The van der Waals surface area contributed by atoms with Crippen LogP contribution in [0, 0.1) is 6.92 Å². The lowest BCUT2D eigenvalue weighted by Crippen LogP contribution is -2.40. The molecule has 0 fully saturated rings. The number of alkyl halides is 3. The monoisotopic (exact) mass is 514 g/mol. The molecule has 0 atom stereocenters. The topological polar surface area (TPSA) is 58.5 Å². The Balaban J connectivity index is 0.00000364. The Morgan fingerprint density at radius 2 is 2.00 bits per heavy atom. The molecule has 0 amide bonds. The zero-order valence-corrected chi connectivity index (χ0v) is 18.1. The molecule has 0 unspecified atom stereocenters. The molecule has 5 nitrogen and oxygen atoms in total. The summed E-state index contributed by atoms with van der Waals surface area (Å²) in [5.41, 5.74) is 0.289. The first-order valence-corrected chi connectivity index (χ1v) is 8.92. The molecule has 2 aromatic rings. The number of guanidine groups is 1. The van der Waals surface area contributed by atoms with Crippen molar-refractivity contribution in [1.29, 1.82) is 0 Å². The third kappa shape index (κ3) is 8.33. The van der Waals surface area contributed by atoms with Crippen molar-refractivity contribution in [2.24, 2.45) is 4.99 Å². The van der Waals surface area contributed by atoms with E-state index in [-0.39, 0.29) is 24.0 Å². The molecule has 0 saturated heterocycles. The van der Waals surface area contributed by atoms with Gasteiger partial charge in [-0.05, 0) is 24.6 Å². The molecule has 0 aliphatic rings. The second-order valence-electron chi connectivity index (χ2n) is 5.46. The number of ether oxygens (including phenoxy) is 1. The van der Waals surface area contributed by atoms with Gasteiger partial charge in [0, 0.05) is 25.4 Å². The molecule has 0 aliphatic heterocycles. The summed E-state index contributed by atoms with van der Waals surface area (Å²) in [6, 6.07) is 7.78. The van der Waals surface area contributed by atoms with E-state index in [0.29, 0.717) is 37.1 Å². The Bertz CT molecular complexity index is 737. The molecule has 1 aromatic carbocycles. The van der Waals surface area contributed by atoms with Crippen LogP contribution in [0.3, 0.4) is 0 Å². The maximum atomic E-state index is 12.5. The van der Waals surface area contributed by atoms with Crippen molar-refractivity contribution in [3.63, 3.8) is 0 Å². The number of hydrogen-bond donors (Lipinski definition) is 2. The van der Waals surface area contributed by atoms with Crippen LogP contribution >= 0.6 is 35.3 Å². The lowest BCUT2D eigenvalue weighted by atomic mass is 10.2. The van der Waals surface area contributed by atoms with Gasteiger partial charge in [-0.2, -0.15) is 13.2 Å². The molecule has 0 aliphatic carbocycles. The fourth-order valence-corrected chi connectivity index (χ4v) is 2.91. The van der Waals surface area contributed by atoms with Gasteiger partial charge in [-0.3, -0.25) is 4.99 Å². The van der Waals surface area contributed by atoms with Crippen LogP contribution in [0.5, 0.6) is 5.75 Å². The zero-order chi connectivity index (χ0) is 19.0. The van der Waals surface area contributed by atoms with Gasteiger partial charge in [0.2, 0.25) is 0 Å². The standard InChI is InChI=1S/C17H21F3N4OS.HI/c1-12-4-3-5-13(10-12)25-9-8-23-16(21-2)22-7-6-15-24-14(11-26-15)17(18,19)20;/h3-5,10-11H,6-9H2,1-2H3,(H2,21,22,23);1H.